The first kappa shape index (κ1) is 37.3. The van der Waals surface area contributed by atoms with Crippen molar-refractivity contribution < 1.29 is 22.7 Å². The molecule has 6 aliphatic rings. The molecule has 8 rings (SSSR count). The number of nitrogens with one attached hydrogen (secondary N) is 1. The number of ether oxygens (including phenoxy) is 2. The number of fused-ring (bicyclic) bond motifs is 5. The summed E-state index contributed by atoms with van der Waals surface area (Å²) in [5.74, 6) is 0.551. The summed E-state index contributed by atoms with van der Waals surface area (Å²) in [5, 5.41) is -0.0127. The Morgan fingerprint density at radius 3 is 2.70 bits per heavy atom. The van der Waals surface area contributed by atoms with E-state index in [-0.39, 0.29) is 17.3 Å². The summed E-state index contributed by atoms with van der Waals surface area (Å²) in [5.41, 5.74) is 2.97. The lowest BCUT2D eigenvalue weighted by Crippen LogP contribution is -2.61. The average Bonchev–Trinajstić information content (AvgIpc) is 3.28. The monoisotopic (exact) mass is 764 g/mol. The highest BCUT2D eigenvalue weighted by Crippen LogP contribution is 2.49. The van der Waals surface area contributed by atoms with Crippen LogP contribution in [0.5, 0.6) is 5.75 Å². The van der Waals surface area contributed by atoms with E-state index >= 15 is 0 Å². The number of aryl methyl sites for hydroxylation is 1. The topological polar surface area (TPSA) is 91.4 Å². The zero-order chi connectivity index (χ0) is 37.0. The van der Waals surface area contributed by atoms with Gasteiger partial charge in [0.15, 0.2) is 0 Å². The molecule has 2 aromatic carbocycles. The second kappa shape index (κ2) is 14.8. The molecule has 53 heavy (non-hydrogen) atoms. The molecular weight excluding hydrogens is 708 g/mol. The molecule has 288 valence electrons. The standard InChI is InChI=1S/C42H57ClN4O5S/c1-29-8-6-18-42(51-3,27-45-20-21-46-19-5-4-10-35(46)25-45)37-14-11-33(37)24-47-26-41(17-7-9-31-22-34(43)13-15-36(31)41)28-52-39-16-12-32(23-38(39)47)40(48)44-53(49,50)30(29)2/h6,12-13,15-16,18,22-23,29-30,33,35,37H,4-5,7-11,14,17,19-21,24-28H2,1-3H3,(H,44,48)/b18-6+/t29-,30+,33-,35-,37+,41-,42+/m0/s1. The van der Waals surface area contributed by atoms with Crippen LogP contribution in [-0.2, 0) is 26.6 Å². The minimum absolute atomic E-state index is 0.206. The number of piperidine rings is 1. The third-order valence-corrected chi connectivity index (χ3v) is 16.2. The van der Waals surface area contributed by atoms with Crippen LogP contribution in [0.1, 0.15) is 86.7 Å². The van der Waals surface area contributed by atoms with Gasteiger partial charge in [-0.1, -0.05) is 43.2 Å². The number of sulfonamides is 1. The van der Waals surface area contributed by atoms with Crippen molar-refractivity contribution >= 4 is 33.2 Å². The molecule has 2 aliphatic carbocycles. The van der Waals surface area contributed by atoms with Crippen LogP contribution in [0.25, 0.3) is 0 Å². The molecule has 1 N–H and O–H groups in total. The Kier molecular flexibility index (Phi) is 10.4. The van der Waals surface area contributed by atoms with E-state index in [1.54, 1.807) is 13.0 Å². The number of benzene rings is 2. The van der Waals surface area contributed by atoms with Gasteiger partial charge in [0, 0.05) is 68.4 Å². The van der Waals surface area contributed by atoms with Gasteiger partial charge in [-0.25, -0.2) is 13.1 Å². The van der Waals surface area contributed by atoms with E-state index in [1.165, 1.54) is 36.9 Å². The van der Waals surface area contributed by atoms with Crippen LogP contribution in [0.3, 0.4) is 0 Å². The molecule has 1 saturated carbocycles. The van der Waals surface area contributed by atoms with Gasteiger partial charge in [0.05, 0.1) is 17.5 Å². The van der Waals surface area contributed by atoms with Gasteiger partial charge in [-0.05, 0) is 124 Å². The Morgan fingerprint density at radius 1 is 1.02 bits per heavy atom. The van der Waals surface area contributed by atoms with Crippen LogP contribution in [0.15, 0.2) is 48.6 Å². The Morgan fingerprint density at radius 2 is 1.89 bits per heavy atom. The van der Waals surface area contributed by atoms with Crippen LogP contribution < -0.4 is 14.4 Å². The number of hydrogen-bond donors (Lipinski definition) is 1. The maximum atomic E-state index is 13.7. The number of anilines is 1. The maximum Gasteiger partial charge on any atom is 0.264 e. The number of halogens is 1. The Bertz CT molecular complexity index is 1840. The lowest BCUT2D eigenvalue weighted by molar-refractivity contribution is -0.100. The zero-order valence-electron chi connectivity index (χ0n) is 31.7. The molecule has 7 atom stereocenters. The van der Waals surface area contributed by atoms with Crippen LogP contribution in [-0.4, -0.2) is 101 Å². The molecule has 2 aromatic rings. The van der Waals surface area contributed by atoms with E-state index in [4.69, 9.17) is 21.1 Å². The van der Waals surface area contributed by atoms with Crippen molar-refractivity contribution in [3.05, 3.63) is 70.3 Å². The normalized spacial score (nSPS) is 35.4. The first-order valence-electron chi connectivity index (χ1n) is 20.1. The van der Waals surface area contributed by atoms with E-state index in [0.29, 0.717) is 30.6 Å². The van der Waals surface area contributed by atoms with Crippen LogP contribution in [0.2, 0.25) is 5.02 Å². The largest absolute Gasteiger partial charge is 0.490 e. The zero-order valence-corrected chi connectivity index (χ0v) is 33.3. The minimum atomic E-state index is -3.95. The maximum absolute atomic E-state index is 13.7. The molecule has 3 fully saturated rings. The van der Waals surface area contributed by atoms with Crippen molar-refractivity contribution in [2.24, 2.45) is 17.8 Å². The number of piperazine rings is 1. The van der Waals surface area contributed by atoms with Crippen molar-refractivity contribution in [1.29, 1.82) is 0 Å². The van der Waals surface area contributed by atoms with Gasteiger partial charge in [0.1, 0.15) is 11.4 Å². The highest BCUT2D eigenvalue weighted by atomic mass is 35.5. The fourth-order valence-corrected chi connectivity index (χ4v) is 12.0. The summed E-state index contributed by atoms with van der Waals surface area (Å²) in [6, 6.07) is 12.3. The second-order valence-electron chi connectivity index (χ2n) is 17.1. The van der Waals surface area contributed by atoms with Crippen molar-refractivity contribution in [3.63, 3.8) is 0 Å². The molecule has 0 aromatic heterocycles. The number of carbonyl (C=O) groups excluding carboxylic acids is 1. The first-order chi connectivity index (χ1) is 25.5. The lowest BCUT2D eigenvalue weighted by atomic mass is 9.63. The first-order valence-corrected chi connectivity index (χ1v) is 22.0. The molecule has 0 unspecified atom stereocenters. The molecule has 4 heterocycles. The van der Waals surface area contributed by atoms with Gasteiger partial charge in [-0.15, -0.1) is 0 Å². The molecule has 2 bridgehead atoms. The van der Waals surface area contributed by atoms with Gasteiger partial charge >= 0.3 is 0 Å². The van der Waals surface area contributed by atoms with Crippen molar-refractivity contribution in [2.45, 2.75) is 93.9 Å². The van der Waals surface area contributed by atoms with Gasteiger partial charge in [-0.2, -0.15) is 0 Å². The fraction of sp³-hybridized carbons (Fsp3) is 0.643. The van der Waals surface area contributed by atoms with Crippen LogP contribution in [0, 0.1) is 17.8 Å². The summed E-state index contributed by atoms with van der Waals surface area (Å²) in [4.78, 5) is 21.4. The highest BCUT2D eigenvalue weighted by molar-refractivity contribution is 7.90. The third-order valence-electron chi connectivity index (χ3n) is 14.0. The smallest absolute Gasteiger partial charge is 0.264 e. The number of rotatable bonds is 3. The SMILES string of the molecule is CO[C@@]1(CN2CCN3CCCC[C@H]3C2)/C=C/C[C@H](C)[C@@H](C)S(=O)(=O)NC(=O)c2ccc3c(c2)N(C[C@@H]2CC[C@H]21)C[C@@]1(CCCc2cc(Cl)ccc21)CO3. The highest BCUT2D eigenvalue weighted by Gasteiger charge is 2.50. The Hall–Kier alpha value is -2.63. The number of amides is 1. The van der Waals surface area contributed by atoms with Crippen LogP contribution >= 0.6 is 11.6 Å². The number of nitrogens with zero attached hydrogens (tertiary/aromatic N) is 3. The second-order valence-corrected chi connectivity index (χ2v) is 19.6. The Balaban J connectivity index is 1.19. The van der Waals surface area contributed by atoms with E-state index < -0.39 is 26.8 Å². The van der Waals surface area contributed by atoms with Crippen molar-refractivity contribution in [3.8, 4) is 5.75 Å². The summed E-state index contributed by atoms with van der Waals surface area (Å²) < 4.78 is 43.2. The quantitative estimate of drug-likeness (QED) is 0.358. The summed E-state index contributed by atoms with van der Waals surface area (Å²) in [7, 11) is -2.07. The summed E-state index contributed by atoms with van der Waals surface area (Å²) >= 11 is 6.51. The van der Waals surface area contributed by atoms with E-state index in [2.05, 4.69) is 43.7 Å². The molecule has 11 heteroatoms. The molecule has 1 spiro atoms. The van der Waals surface area contributed by atoms with Crippen LogP contribution in [0.4, 0.5) is 5.69 Å². The molecular formula is C42H57ClN4O5S. The number of methoxy groups -OCH3 is 1. The summed E-state index contributed by atoms with van der Waals surface area (Å²) in [6.07, 6.45) is 14.1. The predicted octanol–water partition coefficient (Wildman–Crippen LogP) is 6.44. The van der Waals surface area contributed by atoms with E-state index in [0.717, 1.165) is 87.8 Å². The van der Waals surface area contributed by atoms with Crippen molar-refractivity contribution in [2.75, 3.05) is 64.4 Å². The molecule has 1 amide bonds. The van der Waals surface area contributed by atoms with E-state index in [1.807, 2.05) is 32.2 Å². The Labute approximate surface area is 321 Å². The number of carbonyl (C=O) groups is 1. The minimum Gasteiger partial charge on any atom is -0.490 e. The van der Waals surface area contributed by atoms with Crippen molar-refractivity contribution in [1.82, 2.24) is 14.5 Å². The number of allylic oxidation sites excluding steroid dienone is 1. The summed E-state index contributed by atoms with van der Waals surface area (Å²) in [6.45, 7) is 10.9. The average molecular weight is 765 g/mol. The lowest BCUT2D eigenvalue weighted by Gasteiger charge is -2.53. The number of hydrogen-bond acceptors (Lipinski definition) is 8. The van der Waals surface area contributed by atoms with Gasteiger partial charge in [0.2, 0.25) is 10.0 Å². The predicted molar refractivity (Wildman–Crippen MR) is 211 cm³/mol. The molecule has 4 aliphatic heterocycles. The van der Waals surface area contributed by atoms with Gasteiger partial charge in [-0.3, -0.25) is 14.6 Å². The molecule has 2 saturated heterocycles. The van der Waals surface area contributed by atoms with Gasteiger partial charge < -0.3 is 14.4 Å². The molecule has 0 radical (unpaired) electrons. The van der Waals surface area contributed by atoms with E-state index in [9.17, 15) is 13.2 Å². The fourth-order valence-electron chi connectivity index (χ4n) is 10.5. The third kappa shape index (κ3) is 7.16. The molecule has 9 nitrogen and oxygen atoms in total. The van der Waals surface area contributed by atoms with Gasteiger partial charge in [0.25, 0.3) is 5.91 Å².